The quantitative estimate of drug-likeness (QED) is 0.394. The molecule has 2 rings (SSSR count). The first-order chi connectivity index (χ1) is 12.3. The van der Waals surface area contributed by atoms with Crippen LogP contribution in [0, 0.1) is 0 Å². The highest BCUT2D eigenvalue weighted by Gasteiger charge is 2.23. The van der Waals surface area contributed by atoms with Gasteiger partial charge in [-0.05, 0) is 12.0 Å². The Morgan fingerprint density at radius 1 is 0.760 bits per heavy atom. The van der Waals surface area contributed by atoms with Gasteiger partial charge in [0.05, 0.1) is 0 Å². The Bertz CT molecular complexity index is 468. The molecule has 1 aliphatic rings. The van der Waals surface area contributed by atoms with Crippen molar-refractivity contribution in [2.75, 3.05) is 13.6 Å². The first-order valence-corrected chi connectivity index (χ1v) is 10.5. The molecule has 0 N–H and O–H groups in total. The predicted molar refractivity (Wildman–Crippen MR) is 109 cm³/mol. The van der Waals surface area contributed by atoms with Crippen LogP contribution in [0.15, 0.2) is 42.7 Å². The Balaban J connectivity index is 1.56. The minimum Gasteiger partial charge on any atom is -0.359 e. The zero-order valence-corrected chi connectivity index (χ0v) is 16.5. The van der Waals surface area contributed by atoms with E-state index in [9.17, 15) is 0 Å². The second kappa shape index (κ2) is 12.0. The molecular weight excluding hydrogens is 304 g/mol. The van der Waals surface area contributed by atoms with E-state index in [1.54, 1.807) is 0 Å². The lowest BCUT2D eigenvalue weighted by molar-refractivity contribution is 0.173. The molecule has 0 radical (unpaired) electrons. The molecule has 1 aromatic rings. The normalized spacial score (nSPS) is 16.8. The Morgan fingerprint density at radius 3 is 2.00 bits per heavy atom. The van der Waals surface area contributed by atoms with Gasteiger partial charge in [-0.25, -0.2) is 0 Å². The van der Waals surface area contributed by atoms with Crippen LogP contribution in [-0.4, -0.2) is 29.6 Å². The number of hydrogen-bond acceptors (Lipinski definition) is 2. The van der Waals surface area contributed by atoms with Crippen molar-refractivity contribution in [3.05, 3.63) is 48.3 Å². The van der Waals surface area contributed by atoms with Crippen LogP contribution in [0.25, 0.3) is 0 Å². The average molecular weight is 343 g/mol. The molecule has 2 nitrogen and oxygen atoms in total. The number of likely N-dealkylation sites (N-methyl/N-ethyl adjacent to an activating group) is 1. The van der Waals surface area contributed by atoms with Crippen molar-refractivity contribution in [1.29, 1.82) is 0 Å². The molecule has 140 valence electrons. The van der Waals surface area contributed by atoms with Crippen molar-refractivity contribution in [3.8, 4) is 0 Å². The zero-order valence-electron chi connectivity index (χ0n) is 16.5. The van der Waals surface area contributed by atoms with Gasteiger partial charge in [-0.2, -0.15) is 0 Å². The lowest BCUT2D eigenvalue weighted by Gasteiger charge is -2.30. The number of benzene rings is 1. The standard InChI is InChI=1S/C23H38N2/c1-3-4-5-6-7-8-9-10-11-15-18-25-20-19-24(2)23(25)21-22-16-13-12-14-17-22/h12-14,16-17,19-20,23H,3-11,15,18,21H2,1-2H3. The summed E-state index contributed by atoms with van der Waals surface area (Å²) in [6.07, 6.45) is 20.2. The second-order valence-corrected chi connectivity index (χ2v) is 7.55. The van der Waals surface area contributed by atoms with E-state index in [-0.39, 0.29) is 0 Å². The van der Waals surface area contributed by atoms with Gasteiger partial charge in [0.15, 0.2) is 0 Å². The van der Waals surface area contributed by atoms with Crippen molar-refractivity contribution < 1.29 is 0 Å². The fourth-order valence-corrected chi connectivity index (χ4v) is 3.71. The highest BCUT2D eigenvalue weighted by molar-refractivity contribution is 5.17. The molecule has 0 aliphatic carbocycles. The molecule has 1 aliphatic heterocycles. The largest absolute Gasteiger partial charge is 0.359 e. The number of rotatable bonds is 13. The summed E-state index contributed by atoms with van der Waals surface area (Å²) in [6, 6.07) is 10.9. The topological polar surface area (TPSA) is 6.48 Å². The van der Waals surface area contributed by atoms with Crippen molar-refractivity contribution in [3.63, 3.8) is 0 Å². The molecule has 2 heteroatoms. The maximum Gasteiger partial charge on any atom is 0.104 e. The highest BCUT2D eigenvalue weighted by atomic mass is 15.4. The summed E-state index contributed by atoms with van der Waals surface area (Å²) in [6.45, 7) is 3.48. The summed E-state index contributed by atoms with van der Waals surface area (Å²) < 4.78 is 0. The third-order valence-corrected chi connectivity index (χ3v) is 5.38. The Kier molecular flexibility index (Phi) is 9.54. The summed E-state index contributed by atoms with van der Waals surface area (Å²) in [5, 5.41) is 0. The summed E-state index contributed by atoms with van der Waals surface area (Å²) >= 11 is 0. The fraction of sp³-hybridized carbons (Fsp3) is 0.652. The Morgan fingerprint density at radius 2 is 1.36 bits per heavy atom. The average Bonchev–Trinajstić information content (AvgIpc) is 2.97. The van der Waals surface area contributed by atoms with Crippen LogP contribution >= 0.6 is 0 Å². The first-order valence-electron chi connectivity index (χ1n) is 10.5. The van der Waals surface area contributed by atoms with Gasteiger partial charge in [-0.1, -0.05) is 95.0 Å². The zero-order chi connectivity index (χ0) is 17.7. The van der Waals surface area contributed by atoms with Gasteiger partial charge >= 0.3 is 0 Å². The van der Waals surface area contributed by atoms with Crippen LogP contribution in [0.5, 0.6) is 0 Å². The minimum absolute atomic E-state index is 0.487. The number of hydrogen-bond donors (Lipinski definition) is 0. The van der Waals surface area contributed by atoms with E-state index >= 15 is 0 Å². The van der Waals surface area contributed by atoms with Crippen LogP contribution in [0.3, 0.4) is 0 Å². The van der Waals surface area contributed by atoms with Crippen LogP contribution in [0.2, 0.25) is 0 Å². The maximum atomic E-state index is 2.53. The van der Waals surface area contributed by atoms with Gasteiger partial charge in [0.2, 0.25) is 0 Å². The second-order valence-electron chi connectivity index (χ2n) is 7.55. The molecule has 1 atom stereocenters. The SMILES string of the molecule is CCCCCCCCCCCCN1C=CN(C)C1Cc1ccccc1. The molecule has 1 aromatic carbocycles. The van der Waals surface area contributed by atoms with Crippen LogP contribution in [0.4, 0.5) is 0 Å². The van der Waals surface area contributed by atoms with Crippen molar-refractivity contribution in [2.24, 2.45) is 0 Å². The van der Waals surface area contributed by atoms with Gasteiger partial charge in [-0.15, -0.1) is 0 Å². The van der Waals surface area contributed by atoms with E-state index in [4.69, 9.17) is 0 Å². The van der Waals surface area contributed by atoms with Crippen LogP contribution in [-0.2, 0) is 6.42 Å². The van der Waals surface area contributed by atoms with Gasteiger partial charge in [0.1, 0.15) is 6.17 Å². The summed E-state index contributed by atoms with van der Waals surface area (Å²) in [5.74, 6) is 0. The van der Waals surface area contributed by atoms with E-state index in [1.807, 2.05) is 0 Å². The molecule has 0 bridgehead atoms. The minimum atomic E-state index is 0.487. The van der Waals surface area contributed by atoms with Crippen LogP contribution < -0.4 is 0 Å². The monoisotopic (exact) mass is 342 g/mol. The van der Waals surface area contributed by atoms with E-state index in [0.29, 0.717) is 6.17 Å². The summed E-state index contributed by atoms with van der Waals surface area (Å²) in [5.41, 5.74) is 1.43. The van der Waals surface area contributed by atoms with Gasteiger partial charge in [0, 0.05) is 32.4 Å². The van der Waals surface area contributed by atoms with E-state index in [0.717, 1.165) is 6.42 Å². The van der Waals surface area contributed by atoms with Crippen molar-refractivity contribution in [1.82, 2.24) is 9.80 Å². The molecule has 0 amide bonds. The Hall–Kier alpha value is -1.44. The molecule has 0 saturated heterocycles. The molecule has 0 aromatic heterocycles. The van der Waals surface area contributed by atoms with Gasteiger partial charge in [0.25, 0.3) is 0 Å². The fourth-order valence-electron chi connectivity index (χ4n) is 3.71. The third-order valence-electron chi connectivity index (χ3n) is 5.38. The summed E-state index contributed by atoms with van der Waals surface area (Å²) in [4.78, 5) is 4.88. The molecular formula is C23H38N2. The molecule has 0 spiro atoms. The number of unbranched alkanes of at least 4 members (excludes halogenated alkanes) is 9. The molecule has 1 heterocycles. The highest BCUT2D eigenvalue weighted by Crippen LogP contribution is 2.19. The molecule has 0 fully saturated rings. The van der Waals surface area contributed by atoms with Gasteiger partial charge in [-0.3, -0.25) is 0 Å². The van der Waals surface area contributed by atoms with Crippen molar-refractivity contribution in [2.45, 2.75) is 83.7 Å². The maximum absolute atomic E-state index is 2.53. The summed E-state index contributed by atoms with van der Waals surface area (Å²) in [7, 11) is 2.20. The third kappa shape index (κ3) is 7.54. The van der Waals surface area contributed by atoms with Gasteiger partial charge < -0.3 is 9.80 Å². The van der Waals surface area contributed by atoms with E-state index in [2.05, 4.69) is 66.5 Å². The lowest BCUT2D eigenvalue weighted by Crippen LogP contribution is -2.38. The first kappa shape index (κ1) is 19.9. The molecule has 1 unspecified atom stereocenters. The number of nitrogens with zero attached hydrogens (tertiary/aromatic N) is 2. The predicted octanol–water partition coefficient (Wildman–Crippen LogP) is 6.19. The van der Waals surface area contributed by atoms with Crippen molar-refractivity contribution >= 4 is 0 Å². The van der Waals surface area contributed by atoms with E-state index < -0.39 is 0 Å². The van der Waals surface area contributed by atoms with E-state index in [1.165, 1.54) is 76.3 Å². The Labute approximate surface area is 155 Å². The van der Waals surface area contributed by atoms with Crippen LogP contribution in [0.1, 0.15) is 76.7 Å². The molecule has 25 heavy (non-hydrogen) atoms. The smallest absolute Gasteiger partial charge is 0.104 e. The lowest BCUT2D eigenvalue weighted by atomic mass is 10.1. The molecule has 0 saturated carbocycles.